The minimum Gasteiger partial charge on any atom is -0.454 e. The normalized spacial score (nSPS) is 12.2. The average Bonchev–Trinajstić information content (AvgIpc) is 3.23. The van der Waals surface area contributed by atoms with Crippen LogP contribution in [0.1, 0.15) is 35.3 Å². The molecule has 0 spiro atoms. The van der Waals surface area contributed by atoms with Gasteiger partial charge in [0.25, 0.3) is 11.5 Å². The molecule has 0 atom stereocenters. The van der Waals surface area contributed by atoms with Gasteiger partial charge in [-0.25, -0.2) is 4.79 Å². The predicted octanol–water partition coefficient (Wildman–Crippen LogP) is 2.36. The van der Waals surface area contributed by atoms with Gasteiger partial charge >= 0.3 is 5.69 Å². The first-order chi connectivity index (χ1) is 14.9. The lowest BCUT2D eigenvalue weighted by Gasteiger charge is -2.26. The van der Waals surface area contributed by atoms with Crippen LogP contribution in [0.2, 0.25) is 0 Å². The highest BCUT2D eigenvalue weighted by molar-refractivity contribution is 5.93. The minimum atomic E-state index is -0.634. The second-order valence-corrected chi connectivity index (χ2v) is 7.60. The highest BCUT2D eigenvalue weighted by atomic mass is 16.7. The number of rotatable bonds is 6. The summed E-state index contributed by atoms with van der Waals surface area (Å²) in [7, 11) is 0. The number of benzene rings is 2. The van der Waals surface area contributed by atoms with E-state index in [-0.39, 0.29) is 24.9 Å². The Bertz CT molecular complexity index is 1210. The molecule has 4 rings (SSSR count). The Morgan fingerprint density at radius 1 is 1.06 bits per heavy atom. The number of ether oxygens (including phenoxy) is 2. The van der Waals surface area contributed by atoms with Gasteiger partial charge in [-0.15, -0.1) is 0 Å². The number of hydrogen-bond acceptors (Lipinski definition) is 5. The molecule has 1 aromatic heterocycles. The quantitative estimate of drug-likeness (QED) is 0.660. The van der Waals surface area contributed by atoms with Crippen LogP contribution >= 0.6 is 0 Å². The molecule has 2 aromatic carbocycles. The van der Waals surface area contributed by atoms with Crippen molar-refractivity contribution in [3.8, 4) is 11.5 Å². The third-order valence-corrected chi connectivity index (χ3v) is 5.15. The number of nitrogens with one attached hydrogen (secondary N) is 1. The molecule has 31 heavy (non-hydrogen) atoms. The maximum Gasteiger partial charge on any atom is 0.328 e. The Labute approximate surface area is 178 Å². The second kappa shape index (κ2) is 8.51. The molecule has 0 aliphatic carbocycles. The van der Waals surface area contributed by atoms with E-state index in [0.29, 0.717) is 23.6 Å². The Hall–Kier alpha value is -3.81. The van der Waals surface area contributed by atoms with Gasteiger partial charge in [0.2, 0.25) is 6.79 Å². The molecule has 1 amide bonds. The van der Waals surface area contributed by atoms with Crippen molar-refractivity contribution in [1.82, 2.24) is 14.5 Å². The smallest absolute Gasteiger partial charge is 0.328 e. The molecule has 0 bridgehead atoms. The van der Waals surface area contributed by atoms with Gasteiger partial charge in [0.1, 0.15) is 5.56 Å². The van der Waals surface area contributed by atoms with E-state index < -0.39 is 17.2 Å². The number of hydrogen-bond donors (Lipinski definition) is 1. The highest BCUT2D eigenvalue weighted by Gasteiger charge is 2.24. The zero-order valence-corrected chi connectivity index (χ0v) is 17.3. The molecule has 1 N–H and O–H groups in total. The molecular weight excluding hydrogens is 398 g/mol. The SMILES string of the molecule is CC(C)N(Cc1ccccc1)C(=O)c1c[nH]c(=O)n(Cc2ccc3c(c2)OCO3)c1=O. The Kier molecular flexibility index (Phi) is 5.62. The molecule has 8 nitrogen and oxygen atoms in total. The summed E-state index contributed by atoms with van der Waals surface area (Å²) in [6.07, 6.45) is 1.20. The second-order valence-electron chi connectivity index (χ2n) is 7.60. The minimum absolute atomic E-state index is 0.00624. The van der Waals surface area contributed by atoms with Crippen molar-refractivity contribution in [3.05, 3.63) is 92.3 Å². The fourth-order valence-corrected chi connectivity index (χ4v) is 3.45. The summed E-state index contributed by atoms with van der Waals surface area (Å²) >= 11 is 0. The van der Waals surface area contributed by atoms with Crippen molar-refractivity contribution < 1.29 is 14.3 Å². The molecule has 3 aromatic rings. The first-order valence-electron chi connectivity index (χ1n) is 10.00. The Balaban J connectivity index is 1.65. The molecule has 1 aliphatic heterocycles. The van der Waals surface area contributed by atoms with Gasteiger partial charge in [-0.05, 0) is 37.1 Å². The van der Waals surface area contributed by atoms with E-state index in [4.69, 9.17) is 9.47 Å². The molecule has 0 radical (unpaired) electrons. The molecule has 0 saturated carbocycles. The van der Waals surface area contributed by atoms with Gasteiger partial charge < -0.3 is 19.4 Å². The van der Waals surface area contributed by atoms with Crippen LogP contribution in [-0.4, -0.2) is 33.2 Å². The molecular formula is C23H23N3O5. The molecule has 0 fully saturated rings. The first-order valence-corrected chi connectivity index (χ1v) is 10.00. The molecule has 2 heterocycles. The number of fused-ring (bicyclic) bond motifs is 1. The van der Waals surface area contributed by atoms with Gasteiger partial charge in [0.05, 0.1) is 6.54 Å². The summed E-state index contributed by atoms with van der Waals surface area (Å²) in [5.41, 5.74) is 0.342. The van der Waals surface area contributed by atoms with Crippen molar-refractivity contribution in [2.45, 2.75) is 33.0 Å². The van der Waals surface area contributed by atoms with Crippen molar-refractivity contribution in [2.75, 3.05) is 6.79 Å². The topological polar surface area (TPSA) is 93.6 Å². The van der Waals surface area contributed by atoms with Gasteiger partial charge in [0, 0.05) is 18.8 Å². The molecule has 1 aliphatic rings. The molecule has 160 valence electrons. The van der Waals surface area contributed by atoms with Crippen LogP contribution in [0.3, 0.4) is 0 Å². The number of carbonyl (C=O) groups excluding carboxylic acids is 1. The lowest BCUT2D eigenvalue weighted by Crippen LogP contribution is -2.44. The third-order valence-electron chi connectivity index (χ3n) is 5.15. The summed E-state index contributed by atoms with van der Waals surface area (Å²) in [5, 5.41) is 0. The number of aromatic nitrogens is 2. The van der Waals surface area contributed by atoms with E-state index in [1.54, 1.807) is 23.1 Å². The van der Waals surface area contributed by atoms with Crippen LogP contribution in [-0.2, 0) is 13.1 Å². The molecule has 0 unspecified atom stereocenters. The number of aromatic amines is 1. The highest BCUT2D eigenvalue weighted by Crippen LogP contribution is 2.32. The number of amides is 1. The number of H-pyrrole nitrogens is 1. The summed E-state index contributed by atoms with van der Waals surface area (Å²) in [6, 6.07) is 14.6. The van der Waals surface area contributed by atoms with E-state index in [0.717, 1.165) is 10.1 Å². The van der Waals surface area contributed by atoms with Crippen LogP contribution in [0.25, 0.3) is 0 Å². The molecule has 0 saturated heterocycles. The van der Waals surface area contributed by atoms with Crippen LogP contribution in [0.5, 0.6) is 11.5 Å². The third kappa shape index (κ3) is 4.23. The standard InChI is InChI=1S/C23H23N3O5/c1-15(2)25(12-16-6-4-3-5-7-16)21(27)18-11-24-23(29)26(22(18)28)13-17-8-9-19-20(10-17)31-14-30-19/h3-11,15H,12-14H2,1-2H3,(H,24,29). The zero-order valence-electron chi connectivity index (χ0n) is 17.3. The van der Waals surface area contributed by atoms with Gasteiger partial charge in [0.15, 0.2) is 11.5 Å². The van der Waals surface area contributed by atoms with Crippen LogP contribution in [0, 0.1) is 0 Å². The fraction of sp³-hybridized carbons (Fsp3) is 0.261. The fourth-order valence-electron chi connectivity index (χ4n) is 3.45. The van der Waals surface area contributed by atoms with Gasteiger partial charge in [-0.3, -0.25) is 14.2 Å². The summed E-state index contributed by atoms with van der Waals surface area (Å²) in [5.74, 6) is 0.741. The van der Waals surface area contributed by atoms with Crippen molar-refractivity contribution in [3.63, 3.8) is 0 Å². The van der Waals surface area contributed by atoms with Crippen LogP contribution in [0.4, 0.5) is 0 Å². The van der Waals surface area contributed by atoms with Crippen LogP contribution in [0.15, 0.2) is 64.3 Å². The predicted molar refractivity (Wildman–Crippen MR) is 114 cm³/mol. The Morgan fingerprint density at radius 2 is 1.81 bits per heavy atom. The van der Waals surface area contributed by atoms with E-state index in [1.807, 2.05) is 44.2 Å². The van der Waals surface area contributed by atoms with Gasteiger partial charge in [-0.1, -0.05) is 36.4 Å². The lowest BCUT2D eigenvalue weighted by molar-refractivity contribution is 0.0687. The van der Waals surface area contributed by atoms with Crippen molar-refractivity contribution in [2.24, 2.45) is 0 Å². The monoisotopic (exact) mass is 421 g/mol. The van der Waals surface area contributed by atoms with E-state index in [1.165, 1.54) is 6.20 Å². The van der Waals surface area contributed by atoms with Gasteiger partial charge in [-0.2, -0.15) is 0 Å². The maximum atomic E-state index is 13.2. The van der Waals surface area contributed by atoms with Crippen molar-refractivity contribution >= 4 is 5.91 Å². The van der Waals surface area contributed by atoms with E-state index >= 15 is 0 Å². The zero-order chi connectivity index (χ0) is 22.0. The van der Waals surface area contributed by atoms with Crippen LogP contribution < -0.4 is 20.7 Å². The number of carbonyl (C=O) groups is 1. The van der Waals surface area contributed by atoms with E-state index in [2.05, 4.69) is 4.98 Å². The van der Waals surface area contributed by atoms with E-state index in [9.17, 15) is 14.4 Å². The maximum absolute atomic E-state index is 13.2. The summed E-state index contributed by atoms with van der Waals surface area (Å²) in [4.78, 5) is 42.8. The summed E-state index contributed by atoms with van der Waals surface area (Å²) < 4.78 is 11.7. The average molecular weight is 421 g/mol. The Morgan fingerprint density at radius 3 is 2.55 bits per heavy atom. The first kappa shape index (κ1) is 20.5. The summed E-state index contributed by atoms with van der Waals surface area (Å²) in [6.45, 7) is 4.27. The largest absolute Gasteiger partial charge is 0.454 e. The molecule has 8 heteroatoms. The van der Waals surface area contributed by atoms with Crippen molar-refractivity contribution in [1.29, 1.82) is 0 Å². The lowest BCUT2D eigenvalue weighted by atomic mass is 10.1. The number of nitrogens with zero attached hydrogens (tertiary/aromatic N) is 2.